The number of unbranched alkanes of at least 4 members (excludes halogenated alkanes) is 52. The number of hydrogen-bond acceptors (Lipinski definition) is 15. The van der Waals surface area contributed by atoms with Crippen molar-refractivity contribution in [2.45, 2.75) is 431 Å². The van der Waals surface area contributed by atoms with Gasteiger partial charge in [-0.25, -0.2) is 9.13 Å². The van der Waals surface area contributed by atoms with Gasteiger partial charge in [-0.15, -0.1) is 0 Å². The maximum absolute atomic E-state index is 13.1. The van der Waals surface area contributed by atoms with Crippen LogP contribution in [0.3, 0.4) is 0 Å². The van der Waals surface area contributed by atoms with E-state index in [2.05, 4.69) is 27.7 Å². The van der Waals surface area contributed by atoms with Gasteiger partial charge in [-0.1, -0.05) is 362 Å². The summed E-state index contributed by atoms with van der Waals surface area (Å²) in [6.45, 7) is 4.97. The maximum Gasteiger partial charge on any atom is 0.472 e. The molecule has 570 valence electrons. The molecule has 0 aliphatic heterocycles. The van der Waals surface area contributed by atoms with Crippen molar-refractivity contribution < 1.29 is 80.2 Å². The predicted octanol–water partition coefficient (Wildman–Crippen LogP) is 23.0. The third kappa shape index (κ3) is 70.5. The number of phosphoric ester groups is 2. The van der Waals surface area contributed by atoms with Gasteiger partial charge in [0, 0.05) is 25.7 Å². The van der Waals surface area contributed by atoms with E-state index in [-0.39, 0.29) is 25.7 Å². The Kier molecular flexibility index (Phi) is 70.0. The molecule has 19 heteroatoms. The second kappa shape index (κ2) is 71.5. The number of aliphatic hydroxyl groups excluding tert-OH is 1. The first kappa shape index (κ1) is 94.1. The first-order chi connectivity index (χ1) is 46.7. The zero-order valence-electron chi connectivity index (χ0n) is 62.4. The molecule has 0 saturated heterocycles. The third-order valence-corrected chi connectivity index (χ3v) is 20.0. The molecule has 0 aromatic carbocycles. The Morgan fingerprint density at radius 3 is 0.615 bits per heavy atom. The van der Waals surface area contributed by atoms with Crippen LogP contribution in [0.15, 0.2) is 0 Å². The van der Waals surface area contributed by atoms with E-state index in [0.29, 0.717) is 25.7 Å². The van der Waals surface area contributed by atoms with Crippen LogP contribution in [0.1, 0.15) is 413 Å². The highest BCUT2D eigenvalue weighted by atomic mass is 31.2. The minimum atomic E-state index is -4.96. The Morgan fingerprint density at radius 1 is 0.250 bits per heavy atom. The molecule has 0 radical (unpaired) electrons. The summed E-state index contributed by atoms with van der Waals surface area (Å²) in [7, 11) is -9.91. The van der Waals surface area contributed by atoms with Crippen molar-refractivity contribution in [3.05, 3.63) is 0 Å². The molecule has 0 saturated carbocycles. The SMILES string of the molecule is CCCCCCCCCCCCCCCCCCCC(=O)O[C@H](COC(=O)CCCCCCCCCCCCCCCCCC)COP(=O)(O)OC[C@@H](O)COP(=O)(O)OC[C@@H](COC(=O)CCCCCCCCC)OC(=O)CCCCCCCCCCCCCCCCCC. The highest BCUT2D eigenvalue weighted by Crippen LogP contribution is 2.45. The van der Waals surface area contributed by atoms with Crippen molar-refractivity contribution in [2.24, 2.45) is 0 Å². The summed E-state index contributed by atoms with van der Waals surface area (Å²) in [6.07, 6.45) is 62.5. The molecule has 2 unspecified atom stereocenters. The molecule has 0 amide bonds. The first-order valence-corrected chi connectivity index (χ1v) is 43.3. The highest BCUT2D eigenvalue weighted by Gasteiger charge is 2.30. The molecule has 5 atom stereocenters. The van der Waals surface area contributed by atoms with Crippen molar-refractivity contribution in [1.82, 2.24) is 0 Å². The van der Waals surface area contributed by atoms with Gasteiger partial charge in [0.05, 0.1) is 26.4 Å². The molecule has 0 aliphatic rings. The summed E-state index contributed by atoms with van der Waals surface area (Å²) in [4.78, 5) is 72.7. The molecule has 3 N–H and O–H groups in total. The van der Waals surface area contributed by atoms with Crippen LogP contribution in [-0.2, 0) is 65.4 Å². The molecular formula is C77H150O17P2. The van der Waals surface area contributed by atoms with Gasteiger partial charge in [-0.3, -0.25) is 37.3 Å². The summed E-state index contributed by atoms with van der Waals surface area (Å²) < 4.78 is 68.5. The predicted molar refractivity (Wildman–Crippen MR) is 391 cm³/mol. The Hall–Kier alpha value is -1.94. The van der Waals surface area contributed by atoms with Crippen LogP contribution in [-0.4, -0.2) is 96.7 Å². The largest absolute Gasteiger partial charge is 0.472 e. The van der Waals surface area contributed by atoms with Crippen molar-refractivity contribution in [2.75, 3.05) is 39.6 Å². The quantitative estimate of drug-likeness (QED) is 0.0222. The Balaban J connectivity index is 5.18. The molecule has 0 fully saturated rings. The molecule has 0 rings (SSSR count). The fraction of sp³-hybridized carbons (Fsp3) is 0.948. The average Bonchev–Trinajstić information content (AvgIpc) is 1.55. The van der Waals surface area contributed by atoms with Crippen LogP contribution in [0.25, 0.3) is 0 Å². The Labute approximate surface area is 588 Å². The number of rotatable bonds is 78. The third-order valence-electron chi connectivity index (χ3n) is 18.1. The number of carbonyl (C=O) groups is 4. The van der Waals surface area contributed by atoms with Gasteiger partial charge in [0.2, 0.25) is 0 Å². The standard InChI is InChI=1S/C77H150O17P2/c1-5-9-13-17-21-24-27-30-33-36-39-42-45-48-52-56-60-64-77(82)94-73(68-88-75(80)62-58-54-50-46-43-40-37-34-31-28-25-22-18-14-10-6-2)70-92-96(85,86)90-66-71(78)65-89-95(83,84)91-69-72(67-87-74(79)61-57-53-49-20-16-12-8-4)93-76(81)63-59-55-51-47-44-41-38-35-32-29-26-23-19-15-11-7-3/h71-73,78H,5-70H2,1-4H3,(H,83,84)(H,85,86)/t71-,72+,73+/m0/s1. The molecule has 0 aromatic rings. The average molecular weight is 1410 g/mol. The second-order valence-electron chi connectivity index (χ2n) is 27.7. The molecular weight excluding hydrogens is 1260 g/mol. The van der Waals surface area contributed by atoms with E-state index in [4.69, 9.17) is 37.0 Å². The van der Waals surface area contributed by atoms with Crippen molar-refractivity contribution >= 4 is 39.5 Å². The van der Waals surface area contributed by atoms with Crippen LogP contribution in [0.2, 0.25) is 0 Å². The van der Waals surface area contributed by atoms with E-state index in [9.17, 15) is 43.2 Å². The monoisotopic (exact) mass is 1410 g/mol. The van der Waals surface area contributed by atoms with Crippen molar-refractivity contribution in [3.63, 3.8) is 0 Å². The van der Waals surface area contributed by atoms with E-state index in [0.717, 1.165) is 103 Å². The van der Waals surface area contributed by atoms with Gasteiger partial charge in [-0.05, 0) is 25.7 Å². The number of hydrogen-bond donors (Lipinski definition) is 3. The molecule has 96 heavy (non-hydrogen) atoms. The minimum absolute atomic E-state index is 0.108. The number of ether oxygens (including phenoxy) is 4. The Bertz CT molecular complexity index is 1830. The minimum Gasteiger partial charge on any atom is -0.462 e. The van der Waals surface area contributed by atoms with E-state index in [1.165, 1.54) is 231 Å². The van der Waals surface area contributed by atoms with Crippen LogP contribution in [0.5, 0.6) is 0 Å². The zero-order valence-corrected chi connectivity index (χ0v) is 64.1. The Morgan fingerprint density at radius 2 is 0.417 bits per heavy atom. The highest BCUT2D eigenvalue weighted by molar-refractivity contribution is 7.47. The second-order valence-corrected chi connectivity index (χ2v) is 30.7. The van der Waals surface area contributed by atoms with E-state index in [1.54, 1.807) is 0 Å². The van der Waals surface area contributed by atoms with Gasteiger partial charge in [0.1, 0.15) is 19.3 Å². The topological polar surface area (TPSA) is 237 Å². The van der Waals surface area contributed by atoms with Gasteiger partial charge in [0.25, 0.3) is 0 Å². The summed E-state index contributed by atoms with van der Waals surface area (Å²) >= 11 is 0. The molecule has 0 aliphatic carbocycles. The lowest BCUT2D eigenvalue weighted by Gasteiger charge is -2.21. The number of phosphoric acid groups is 2. The first-order valence-electron chi connectivity index (χ1n) is 40.3. The molecule has 0 aromatic heterocycles. The summed E-state index contributed by atoms with van der Waals surface area (Å²) in [5, 5.41) is 10.6. The summed E-state index contributed by atoms with van der Waals surface area (Å²) in [5.41, 5.74) is 0. The van der Waals surface area contributed by atoms with Crippen LogP contribution >= 0.6 is 15.6 Å². The maximum atomic E-state index is 13.1. The van der Waals surface area contributed by atoms with E-state index >= 15 is 0 Å². The number of carbonyl (C=O) groups excluding carboxylic acids is 4. The smallest absolute Gasteiger partial charge is 0.462 e. The lowest BCUT2D eigenvalue weighted by Crippen LogP contribution is -2.30. The lowest BCUT2D eigenvalue weighted by molar-refractivity contribution is -0.161. The van der Waals surface area contributed by atoms with E-state index in [1.807, 2.05) is 0 Å². The van der Waals surface area contributed by atoms with Crippen LogP contribution in [0, 0.1) is 0 Å². The van der Waals surface area contributed by atoms with Gasteiger partial charge in [0.15, 0.2) is 12.2 Å². The normalized spacial score (nSPS) is 13.9. The van der Waals surface area contributed by atoms with E-state index < -0.39 is 97.5 Å². The zero-order chi connectivity index (χ0) is 70.4. The molecule has 0 heterocycles. The molecule has 17 nitrogen and oxygen atoms in total. The summed E-state index contributed by atoms with van der Waals surface area (Å²) in [5.74, 6) is -2.11. The fourth-order valence-electron chi connectivity index (χ4n) is 11.9. The number of esters is 4. The van der Waals surface area contributed by atoms with Crippen molar-refractivity contribution in [1.29, 1.82) is 0 Å². The molecule has 0 spiro atoms. The van der Waals surface area contributed by atoms with Gasteiger partial charge < -0.3 is 33.8 Å². The molecule has 0 bridgehead atoms. The van der Waals surface area contributed by atoms with Gasteiger partial charge in [-0.2, -0.15) is 0 Å². The fourth-order valence-corrected chi connectivity index (χ4v) is 13.5. The van der Waals surface area contributed by atoms with Crippen molar-refractivity contribution in [3.8, 4) is 0 Å². The van der Waals surface area contributed by atoms with Crippen LogP contribution < -0.4 is 0 Å². The number of aliphatic hydroxyl groups is 1. The lowest BCUT2D eigenvalue weighted by atomic mass is 10.0. The summed E-state index contributed by atoms with van der Waals surface area (Å²) in [6, 6.07) is 0. The van der Waals surface area contributed by atoms with Gasteiger partial charge >= 0.3 is 39.5 Å². The van der Waals surface area contributed by atoms with Crippen LogP contribution in [0.4, 0.5) is 0 Å².